The Morgan fingerprint density at radius 2 is 1.58 bits per heavy atom. The lowest BCUT2D eigenvalue weighted by molar-refractivity contribution is -0.138. The summed E-state index contributed by atoms with van der Waals surface area (Å²) in [6.45, 7) is -0.696. The zero-order chi connectivity index (χ0) is 31.1. The SMILES string of the molecule is OC[C@@H]1[C@H](O)[C@@H](n2cc(-c3cc(F)c(F)c(F)c3)nn2)[C@@H](O)C[SH]1[C@H](c1ccccc1C(F)(F)F)[C@H](O)c1ccccc1. The summed E-state index contributed by atoms with van der Waals surface area (Å²) in [7, 11) is -1.95. The molecule has 0 spiro atoms. The van der Waals surface area contributed by atoms with Crippen molar-refractivity contribution in [3.8, 4) is 11.3 Å². The smallest absolute Gasteiger partial charge is 0.395 e. The molecular weight excluding hydrogens is 600 g/mol. The van der Waals surface area contributed by atoms with E-state index in [9.17, 15) is 46.8 Å². The number of nitrogens with zero attached hydrogens (tertiary/aromatic N) is 3. The van der Waals surface area contributed by atoms with E-state index >= 15 is 0 Å². The Labute approximate surface area is 244 Å². The molecule has 7 nitrogen and oxygen atoms in total. The van der Waals surface area contributed by atoms with Crippen molar-refractivity contribution in [1.82, 2.24) is 15.0 Å². The quantitative estimate of drug-likeness (QED) is 0.117. The number of aliphatic hydroxyl groups excluding tert-OH is 4. The van der Waals surface area contributed by atoms with Gasteiger partial charge in [-0.25, -0.2) is 28.7 Å². The van der Waals surface area contributed by atoms with Crippen LogP contribution >= 0.6 is 10.9 Å². The van der Waals surface area contributed by atoms with Gasteiger partial charge in [0.1, 0.15) is 11.7 Å². The Morgan fingerprint density at radius 1 is 0.953 bits per heavy atom. The van der Waals surface area contributed by atoms with Gasteiger partial charge in [0.25, 0.3) is 0 Å². The van der Waals surface area contributed by atoms with Gasteiger partial charge in [0.2, 0.25) is 0 Å². The first kappa shape index (κ1) is 31.0. The number of aliphatic hydroxyl groups is 4. The van der Waals surface area contributed by atoms with Gasteiger partial charge in [-0.3, -0.25) is 0 Å². The molecule has 7 atom stereocenters. The number of hydrogen-bond donors (Lipinski definition) is 5. The Bertz CT molecular complexity index is 1550. The highest BCUT2D eigenvalue weighted by molar-refractivity contribution is 8.17. The van der Waals surface area contributed by atoms with E-state index in [0.717, 1.165) is 10.7 Å². The van der Waals surface area contributed by atoms with E-state index < -0.39 is 81.5 Å². The van der Waals surface area contributed by atoms with Gasteiger partial charge >= 0.3 is 6.18 Å². The summed E-state index contributed by atoms with van der Waals surface area (Å²) in [5.41, 5.74) is -1.19. The number of rotatable bonds is 7. The Balaban J connectivity index is 1.54. The molecule has 1 saturated heterocycles. The molecule has 0 saturated carbocycles. The molecule has 1 fully saturated rings. The van der Waals surface area contributed by atoms with Crippen LogP contribution in [0.5, 0.6) is 0 Å². The van der Waals surface area contributed by atoms with Crippen LogP contribution in [-0.2, 0) is 6.18 Å². The van der Waals surface area contributed by atoms with Crippen LogP contribution in [0.25, 0.3) is 11.3 Å². The molecule has 230 valence electrons. The summed E-state index contributed by atoms with van der Waals surface area (Å²) in [6, 6.07) is 12.9. The third kappa shape index (κ3) is 6.02. The zero-order valence-corrected chi connectivity index (χ0v) is 23.0. The normalized spacial score (nSPS) is 24.9. The predicted molar refractivity (Wildman–Crippen MR) is 147 cm³/mol. The van der Waals surface area contributed by atoms with E-state index in [1.807, 2.05) is 0 Å². The van der Waals surface area contributed by atoms with Gasteiger partial charge in [0.15, 0.2) is 17.5 Å². The van der Waals surface area contributed by atoms with Gasteiger partial charge < -0.3 is 20.4 Å². The molecule has 0 bridgehead atoms. The number of benzene rings is 3. The molecule has 5 rings (SSSR count). The molecule has 2 heterocycles. The van der Waals surface area contributed by atoms with Crippen molar-refractivity contribution in [1.29, 1.82) is 0 Å². The Morgan fingerprint density at radius 3 is 2.21 bits per heavy atom. The van der Waals surface area contributed by atoms with Crippen molar-refractivity contribution in [2.75, 3.05) is 12.4 Å². The molecule has 14 heteroatoms. The van der Waals surface area contributed by atoms with Crippen molar-refractivity contribution >= 4 is 10.9 Å². The fourth-order valence-electron chi connectivity index (χ4n) is 5.61. The highest BCUT2D eigenvalue weighted by Crippen LogP contribution is 2.59. The fraction of sp³-hybridized carbons (Fsp3) is 0.310. The number of aromatic nitrogens is 3. The van der Waals surface area contributed by atoms with E-state index in [0.29, 0.717) is 17.7 Å². The third-order valence-corrected chi connectivity index (χ3v) is 11.0. The average molecular weight is 628 g/mol. The molecule has 0 amide bonds. The van der Waals surface area contributed by atoms with Crippen LogP contribution in [0, 0.1) is 17.5 Å². The van der Waals surface area contributed by atoms with Crippen LogP contribution in [0.4, 0.5) is 26.3 Å². The van der Waals surface area contributed by atoms with Crippen LogP contribution < -0.4 is 0 Å². The first-order valence-electron chi connectivity index (χ1n) is 13.1. The monoisotopic (exact) mass is 627 g/mol. The van der Waals surface area contributed by atoms with Crippen LogP contribution in [0.1, 0.15) is 34.1 Å². The standard InChI is InChI=1S/C29H27F6N3O4S/c30-19-10-16(11-20(31)24(19)32)21-12-38(37-36-21)25-22(40)14-43(23(13-39)27(25)42)28(26(41)15-6-2-1-3-7-15)17-8-4-5-9-18(17)29(33,34)35/h1-12,22-23,25-28,39-43H,13-14H2/t22-,23+,25-,26+,27-,28+/m0/s1. The molecule has 1 aliphatic heterocycles. The number of halogens is 6. The largest absolute Gasteiger partial charge is 0.416 e. The van der Waals surface area contributed by atoms with E-state index in [-0.39, 0.29) is 22.6 Å². The van der Waals surface area contributed by atoms with Gasteiger partial charge in [-0.1, -0.05) is 53.7 Å². The summed E-state index contributed by atoms with van der Waals surface area (Å²) < 4.78 is 84.5. The van der Waals surface area contributed by atoms with E-state index in [2.05, 4.69) is 10.3 Å². The summed E-state index contributed by atoms with van der Waals surface area (Å²) in [5.74, 6) is -4.81. The van der Waals surface area contributed by atoms with E-state index in [1.54, 1.807) is 30.3 Å². The molecule has 4 N–H and O–H groups in total. The second kappa shape index (κ2) is 12.3. The second-order valence-electron chi connectivity index (χ2n) is 10.2. The Kier molecular flexibility index (Phi) is 8.86. The molecule has 4 aromatic rings. The molecule has 3 aromatic carbocycles. The minimum atomic E-state index is -4.78. The van der Waals surface area contributed by atoms with Crippen molar-refractivity contribution in [2.24, 2.45) is 0 Å². The van der Waals surface area contributed by atoms with Crippen molar-refractivity contribution < 1.29 is 46.8 Å². The van der Waals surface area contributed by atoms with Gasteiger partial charge in [-0.15, -0.1) is 5.10 Å². The summed E-state index contributed by atoms with van der Waals surface area (Å²) in [4.78, 5) is 0. The third-order valence-electron chi connectivity index (χ3n) is 7.63. The van der Waals surface area contributed by atoms with Crippen LogP contribution in [0.2, 0.25) is 0 Å². The van der Waals surface area contributed by atoms with Crippen molar-refractivity contribution in [3.63, 3.8) is 0 Å². The molecule has 1 aromatic heterocycles. The minimum absolute atomic E-state index is 0.109. The number of hydrogen-bond acceptors (Lipinski definition) is 6. The zero-order valence-electron chi connectivity index (χ0n) is 22.2. The van der Waals surface area contributed by atoms with Crippen LogP contribution in [-0.4, -0.2) is 65.2 Å². The van der Waals surface area contributed by atoms with Crippen LogP contribution in [0.15, 0.2) is 72.9 Å². The highest BCUT2D eigenvalue weighted by atomic mass is 32.2. The molecule has 43 heavy (non-hydrogen) atoms. The molecule has 0 aliphatic carbocycles. The average Bonchev–Trinajstić information content (AvgIpc) is 3.46. The fourth-order valence-corrected chi connectivity index (χ4v) is 9.06. The first-order chi connectivity index (χ1) is 20.4. The maximum atomic E-state index is 14.2. The molecule has 1 unspecified atom stereocenters. The maximum Gasteiger partial charge on any atom is 0.416 e. The van der Waals surface area contributed by atoms with Gasteiger partial charge in [-0.05, 0) is 29.3 Å². The molecule has 1 aliphatic rings. The van der Waals surface area contributed by atoms with Gasteiger partial charge in [-0.2, -0.15) is 13.2 Å². The summed E-state index contributed by atoms with van der Waals surface area (Å²) in [5, 5.41) is 50.0. The molecular formula is C29H27F6N3O4S. The lowest BCUT2D eigenvalue weighted by Gasteiger charge is -2.49. The van der Waals surface area contributed by atoms with Crippen molar-refractivity contribution in [3.05, 3.63) is 107 Å². The van der Waals surface area contributed by atoms with E-state index in [4.69, 9.17) is 0 Å². The number of thiol groups is 1. The lowest BCUT2D eigenvalue weighted by atomic mass is 9.96. The summed E-state index contributed by atoms with van der Waals surface area (Å²) >= 11 is 0. The second-order valence-corrected chi connectivity index (χ2v) is 12.8. The van der Waals surface area contributed by atoms with Crippen molar-refractivity contribution in [2.45, 2.75) is 41.0 Å². The van der Waals surface area contributed by atoms with E-state index in [1.165, 1.54) is 24.4 Å². The summed E-state index contributed by atoms with van der Waals surface area (Å²) in [6.07, 6.45) is -8.12. The minimum Gasteiger partial charge on any atom is -0.395 e. The molecule has 0 radical (unpaired) electrons. The predicted octanol–water partition coefficient (Wildman–Crippen LogP) is 4.49. The van der Waals surface area contributed by atoms with Gasteiger partial charge in [0, 0.05) is 21.8 Å². The topological polar surface area (TPSA) is 112 Å². The van der Waals surface area contributed by atoms with Crippen LogP contribution in [0.3, 0.4) is 0 Å². The Hall–Kier alpha value is -3.43. The maximum absolute atomic E-state index is 14.2. The highest BCUT2D eigenvalue weighted by Gasteiger charge is 2.49. The lowest BCUT2D eigenvalue weighted by Crippen LogP contribution is -2.51. The number of alkyl halides is 3. The first-order valence-corrected chi connectivity index (χ1v) is 14.8. The van der Waals surface area contributed by atoms with Gasteiger partial charge in [0.05, 0.1) is 36.7 Å².